The Hall–Kier alpha value is -3.35. The number of rotatable bonds is 3. The number of nitrogens with zero attached hydrogens (tertiary/aromatic N) is 3. The van der Waals surface area contributed by atoms with E-state index in [1.54, 1.807) is 24.3 Å². The maximum atomic E-state index is 13.7. The minimum Gasteiger partial charge on any atom is -0.454 e. The third-order valence-electron chi connectivity index (χ3n) is 6.17. The fourth-order valence-corrected chi connectivity index (χ4v) is 5.16. The highest BCUT2D eigenvalue weighted by atomic mass is 35.5. The average molecular weight is 504 g/mol. The lowest BCUT2D eigenvalue weighted by Crippen LogP contribution is -2.52. The fraction of sp³-hybridized carbons (Fsp3) is 0.261. The molecule has 2 aliphatic carbocycles. The second-order valence-corrected chi connectivity index (χ2v) is 9.23. The number of halogens is 4. The summed E-state index contributed by atoms with van der Waals surface area (Å²) in [7, 11) is 0. The van der Waals surface area contributed by atoms with Crippen LogP contribution in [-0.4, -0.2) is 29.1 Å². The van der Waals surface area contributed by atoms with Gasteiger partial charge in [0.2, 0.25) is 11.5 Å². The summed E-state index contributed by atoms with van der Waals surface area (Å²) in [6, 6.07) is 9.11. The Morgan fingerprint density at radius 3 is 2.35 bits per heavy atom. The van der Waals surface area contributed by atoms with Crippen LogP contribution in [0.1, 0.15) is 30.4 Å². The van der Waals surface area contributed by atoms with Crippen molar-refractivity contribution in [2.75, 3.05) is 5.01 Å². The van der Waals surface area contributed by atoms with Crippen LogP contribution in [0.2, 0.25) is 10.0 Å². The van der Waals surface area contributed by atoms with Crippen LogP contribution in [0.25, 0.3) is 0 Å². The van der Waals surface area contributed by atoms with Crippen molar-refractivity contribution in [2.45, 2.75) is 37.0 Å². The number of ketones is 2. The van der Waals surface area contributed by atoms with Gasteiger partial charge in [-0.05, 0) is 35.4 Å². The Morgan fingerprint density at radius 1 is 1.06 bits per heavy atom. The smallest absolute Gasteiger partial charge is 0.255 e. The largest absolute Gasteiger partial charge is 0.454 e. The molecule has 0 atom stereocenters. The van der Waals surface area contributed by atoms with Crippen molar-refractivity contribution in [3.8, 4) is 17.6 Å². The van der Waals surface area contributed by atoms with Crippen molar-refractivity contribution >= 4 is 52.1 Å². The van der Waals surface area contributed by atoms with Gasteiger partial charge in [-0.2, -0.15) is 15.4 Å². The highest BCUT2D eigenvalue weighted by Gasteiger charge is 2.63. The molecule has 2 aromatic carbocycles. The number of hydrogen-bond donors (Lipinski definition) is 0. The Kier molecular flexibility index (Phi) is 5.01. The molecule has 0 radical (unpaired) electrons. The van der Waals surface area contributed by atoms with Gasteiger partial charge >= 0.3 is 0 Å². The van der Waals surface area contributed by atoms with Crippen molar-refractivity contribution in [1.29, 1.82) is 5.26 Å². The lowest BCUT2D eigenvalue weighted by atomic mass is 9.62. The maximum absolute atomic E-state index is 13.7. The fourth-order valence-electron chi connectivity index (χ4n) is 4.61. The lowest BCUT2D eigenvalue weighted by molar-refractivity contribution is -0.154. The molecule has 0 bridgehead atoms. The van der Waals surface area contributed by atoms with E-state index >= 15 is 0 Å². The second kappa shape index (κ2) is 7.58. The third kappa shape index (κ3) is 3.45. The summed E-state index contributed by atoms with van der Waals surface area (Å²) in [6.07, 6.45) is -1.47. The molecule has 1 fully saturated rings. The second-order valence-electron chi connectivity index (χ2n) is 8.42. The number of Topliss-reactive ketones (excluding diaryl/α,β-unsaturated/α-hetero) is 2. The maximum Gasteiger partial charge on any atom is 0.255 e. The average Bonchev–Trinajstić information content (AvgIpc) is 3.01. The summed E-state index contributed by atoms with van der Waals surface area (Å²) >= 11 is 12.7. The quantitative estimate of drug-likeness (QED) is 0.562. The summed E-state index contributed by atoms with van der Waals surface area (Å²) in [4.78, 5) is 36.4. The van der Waals surface area contributed by atoms with Crippen LogP contribution in [0.4, 0.5) is 14.5 Å². The molecule has 1 saturated carbocycles. The number of ether oxygens (including phenoxy) is 1. The zero-order valence-electron chi connectivity index (χ0n) is 17.2. The van der Waals surface area contributed by atoms with Crippen molar-refractivity contribution < 1.29 is 27.9 Å². The van der Waals surface area contributed by atoms with Crippen molar-refractivity contribution in [1.82, 2.24) is 0 Å². The van der Waals surface area contributed by atoms with Gasteiger partial charge in [0.25, 0.3) is 11.8 Å². The molecular formula is C23H13Cl2F2N3O4. The van der Waals surface area contributed by atoms with Crippen molar-refractivity contribution in [2.24, 2.45) is 5.10 Å². The zero-order valence-corrected chi connectivity index (χ0v) is 18.7. The molecule has 172 valence electrons. The molecule has 0 N–H and O–H groups in total. The van der Waals surface area contributed by atoms with E-state index < -0.39 is 48.0 Å². The van der Waals surface area contributed by atoms with Crippen LogP contribution in [0.15, 0.2) is 35.4 Å². The molecule has 3 aliphatic rings. The van der Waals surface area contributed by atoms with E-state index in [4.69, 9.17) is 33.2 Å². The van der Waals surface area contributed by atoms with Gasteiger partial charge in [-0.1, -0.05) is 29.3 Å². The van der Waals surface area contributed by atoms with Gasteiger partial charge in [0, 0.05) is 19.3 Å². The highest BCUT2D eigenvalue weighted by Crippen LogP contribution is 2.58. The summed E-state index contributed by atoms with van der Waals surface area (Å²) in [5.74, 6) is -4.15. The van der Waals surface area contributed by atoms with E-state index in [9.17, 15) is 23.2 Å². The Balaban J connectivity index is 1.46. The molecule has 1 spiro atoms. The number of benzene rings is 2. The van der Waals surface area contributed by atoms with Gasteiger partial charge in [-0.15, -0.1) is 0 Å². The van der Waals surface area contributed by atoms with E-state index in [1.807, 2.05) is 0 Å². The summed E-state index contributed by atoms with van der Waals surface area (Å²) in [5, 5.41) is 13.7. The monoisotopic (exact) mass is 503 g/mol. The molecule has 1 aliphatic heterocycles. The molecule has 11 heteroatoms. The van der Waals surface area contributed by atoms with Crippen LogP contribution in [0, 0.1) is 11.3 Å². The van der Waals surface area contributed by atoms with Crippen molar-refractivity contribution in [3.63, 3.8) is 0 Å². The van der Waals surface area contributed by atoms with E-state index in [2.05, 4.69) is 5.10 Å². The van der Waals surface area contributed by atoms with Crippen LogP contribution in [0.5, 0.6) is 11.5 Å². The number of hydrazone groups is 1. The number of nitriles is 1. The SMILES string of the molecule is N#CC1=NN(c2cc(Cl)c(Oc3ccc4c(c3)C3(CC(F)(F)C3)C(=O)C4)c(Cl)c2)C(=O)CC1=O. The molecule has 1 heterocycles. The Labute approximate surface area is 201 Å². The summed E-state index contributed by atoms with van der Waals surface area (Å²) < 4.78 is 33.1. The van der Waals surface area contributed by atoms with Gasteiger partial charge in [0.1, 0.15) is 17.6 Å². The number of alkyl halides is 2. The number of amides is 1. The number of fused-ring (bicyclic) bond motifs is 2. The normalized spacial score (nSPS) is 20.0. The number of hydrogen-bond acceptors (Lipinski definition) is 6. The molecule has 0 unspecified atom stereocenters. The van der Waals surface area contributed by atoms with Crippen LogP contribution in [0.3, 0.4) is 0 Å². The first-order valence-electron chi connectivity index (χ1n) is 10.1. The van der Waals surface area contributed by atoms with Gasteiger partial charge in [0.05, 0.1) is 27.6 Å². The molecule has 34 heavy (non-hydrogen) atoms. The molecule has 5 rings (SSSR count). The van der Waals surface area contributed by atoms with Gasteiger partial charge in [-0.25, -0.2) is 8.78 Å². The number of anilines is 1. The number of carbonyl (C=O) groups is 3. The molecule has 0 saturated heterocycles. The van der Waals surface area contributed by atoms with Crippen LogP contribution < -0.4 is 9.75 Å². The van der Waals surface area contributed by atoms with E-state index in [-0.39, 0.29) is 39.4 Å². The third-order valence-corrected chi connectivity index (χ3v) is 6.73. The predicted octanol–water partition coefficient (Wildman–Crippen LogP) is 4.76. The van der Waals surface area contributed by atoms with Gasteiger partial charge in [-0.3, -0.25) is 14.4 Å². The van der Waals surface area contributed by atoms with Crippen molar-refractivity contribution in [3.05, 3.63) is 51.5 Å². The minimum atomic E-state index is -2.87. The first-order valence-corrected chi connectivity index (χ1v) is 10.8. The summed E-state index contributed by atoms with van der Waals surface area (Å²) in [6.45, 7) is 0. The Bertz CT molecular complexity index is 1350. The highest BCUT2D eigenvalue weighted by molar-refractivity contribution is 6.50. The van der Waals surface area contributed by atoms with Crippen LogP contribution >= 0.6 is 23.2 Å². The summed E-state index contributed by atoms with van der Waals surface area (Å²) in [5.41, 5.74) is -0.285. The van der Waals surface area contributed by atoms with E-state index in [0.717, 1.165) is 5.01 Å². The first-order chi connectivity index (χ1) is 16.0. The van der Waals surface area contributed by atoms with Crippen LogP contribution in [-0.2, 0) is 26.2 Å². The molecule has 7 nitrogen and oxygen atoms in total. The molecule has 2 aromatic rings. The zero-order chi connectivity index (χ0) is 24.4. The lowest BCUT2D eigenvalue weighted by Gasteiger charge is -2.44. The van der Waals surface area contributed by atoms with E-state index in [1.165, 1.54) is 12.1 Å². The molecular weight excluding hydrogens is 491 g/mol. The molecule has 1 amide bonds. The topological polar surface area (TPSA) is 99.8 Å². The number of carbonyl (C=O) groups excluding carboxylic acids is 3. The molecule has 0 aromatic heterocycles. The van der Waals surface area contributed by atoms with Gasteiger partial charge in [0.15, 0.2) is 5.75 Å². The predicted molar refractivity (Wildman–Crippen MR) is 118 cm³/mol. The standard InChI is InChI=1S/C23H13Cl2F2N3O4/c24-15-4-12(30-20(33)7-18(31)17(8-28)29-30)5-16(25)21(15)34-13-2-1-11-3-19(32)22(14(11)6-13)9-23(26,27)10-22/h1-2,4-6H,3,7,9-10H2. The van der Waals surface area contributed by atoms with Gasteiger partial charge < -0.3 is 4.74 Å². The Morgan fingerprint density at radius 2 is 1.74 bits per heavy atom. The van der Waals surface area contributed by atoms with E-state index in [0.29, 0.717) is 11.1 Å². The minimum absolute atomic E-state index is 0.00220. The first kappa shape index (κ1) is 22.4.